The van der Waals surface area contributed by atoms with E-state index in [-0.39, 0.29) is 11.6 Å². The summed E-state index contributed by atoms with van der Waals surface area (Å²) in [5.74, 6) is 0. The van der Waals surface area contributed by atoms with Crippen LogP contribution in [0.25, 0.3) is 0 Å². The summed E-state index contributed by atoms with van der Waals surface area (Å²) in [4.78, 5) is 0. The van der Waals surface area contributed by atoms with Gasteiger partial charge in [0.05, 0.1) is 5.56 Å². The van der Waals surface area contributed by atoms with Gasteiger partial charge in [-0.1, -0.05) is 42.0 Å². The highest BCUT2D eigenvalue weighted by Crippen LogP contribution is 2.43. The lowest BCUT2D eigenvalue weighted by Gasteiger charge is -2.31. The largest absolute Gasteiger partial charge is 0.421 e. The van der Waals surface area contributed by atoms with E-state index in [4.69, 9.17) is 5.41 Å². The second-order valence-corrected chi connectivity index (χ2v) is 5.96. The minimum absolute atomic E-state index is 0.144. The van der Waals surface area contributed by atoms with Gasteiger partial charge in [-0.2, -0.15) is 26.3 Å². The Hall–Kier alpha value is -2.35. The zero-order valence-corrected chi connectivity index (χ0v) is 13.5. The Morgan fingerprint density at radius 3 is 1.96 bits per heavy atom. The molecule has 0 aliphatic rings. The number of benzene rings is 2. The highest BCUT2D eigenvalue weighted by atomic mass is 19.4. The molecule has 1 unspecified atom stereocenters. The Morgan fingerprint density at radius 1 is 0.923 bits per heavy atom. The van der Waals surface area contributed by atoms with Crippen molar-refractivity contribution in [3.05, 3.63) is 70.8 Å². The van der Waals surface area contributed by atoms with Crippen LogP contribution in [0.4, 0.5) is 26.3 Å². The predicted octanol–water partition coefficient (Wildman–Crippen LogP) is 5.22. The van der Waals surface area contributed by atoms with Crippen molar-refractivity contribution in [2.45, 2.75) is 31.3 Å². The van der Waals surface area contributed by atoms with Crippen molar-refractivity contribution >= 4 is 5.71 Å². The number of alkyl halides is 6. The van der Waals surface area contributed by atoms with Crippen molar-refractivity contribution in [3.8, 4) is 0 Å². The maximum atomic E-state index is 13.5. The van der Waals surface area contributed by atoms with Gasteiger partial charge in [-0.3, -0.25) is 0 Å². The molecule has 0 amide bonds. The highest BCUT2D eigenvalue weighted by molar-refractivity contribution is 5.99. The van der Waals surface area contributed by atoms with Crippen LogP contribution >= 0.6 is 0 Å². The second kappa shape index (κ2) is 6.75. The topological polar surface area (TPSA) is 44.1 Å². The molecule has 2 rings (SSSR count). The fourth-order valence-corrected chi connectivity index (χ4v) is 2.43. The van der Waals surface area contributed by atoms with Crippen LogP contribution in [0.5, 0.6) is 0 Å². The first-order valence-corrected chi connectivity index (χ1v) is 7.46. The van der Waals surface area contributed by atoms with E-state index in [2.05, 4.69) is 0 Å². The predicted molar refractivity (Wildman–Crippen MR) is 84.0 cm³/mol. The van der Waals surface area contributed by atoms with E-state index >= 15 is 0 Å². The summed E-state index contributed by atoms with van der Waals surface area (Å²) in [6.45, 7) is 1.75. The number of rotatable bonds is 4. The lowest BCUT2D eigenvalue weighted by atomic mass is 9.85. The fourth-order valence-electron chi connectivity index (χ4n) is 2.43. The van der Waals surface area contributed by atoms with Gasteiger partial charge in [0.15, 0.2) is 5.60 Å². The maximum Gasteiger partial charge on any atom is 0.421 e. The first-order chi connectivity index (χ1) is 11.8. The highest BCUT2D eigenvalue weighted by Gasteiger charge is 2.55. The summed E-state index contributed by atoms with van der Waals surface area (Å²) in [7, 11) is 0. The van der Waals surface area contributed by atoms with Crippen LogP contribution in [0.1, 0.15) is 28.7 Å². The smallest absolute Gasteiger partial charge is 0.376 e. The number of halogens is 6. The molecular weight excluding hydrogens is 360 g/mol. The Balaban J connectivity index is 2.46. The molecule has 0 aliphatic carbocycles. The molecule has 0 saturated carbocycles. The van der Waals surface area contributed by atoms with Crippen LogP contribution in [0.2, 0.25) is 0 Å². The minimum atomic E-state index is -5.27. The van der Waals surface area contributed by atoms with Gasteiger partial charge < -0.3 is 10.5 Å². The Morgan fingerprint density at radius 2 is 1.46 bits per heavy atom. The molecule has 2 aromatic rings. The van der Waals surface area contributed by atoms with Gasteiger partial charge in [0.25, 0.3) is 0 Å². The molecule has 0 heterocycles. The van der Waals surface area contributed by atoms with E-state index in [0.29, 0.717) is 6.07 Å². The number of aryl methyl sites for hydroxylation is 1. The van der Waals surface area contributed by atoms with Gasteiger partial charge in [0.1, 0.15) is 0 Å². The van der Waals surface area contributed by atoms with Crippen molar-refractivity contribution in [2.75, 3.05) is 0 Å². The molecule has 0 aliphatic heterocycles. The van der Waals surface area contributed by atoms with E-state index in [1.54, 1.807) is 19.1 Å². The van der Waals surface area contributed by atoms with E-state index in [0.717, 1.165) is 17.7 Å². The maximum absolute atomic E-state index is 13.5. The molecule has 2 N–H and O–H groups in total. The van der Waals surface area contributed by atoms with Crippen molar-refractivity contribution in [1.82, 2.24) is 0 Å². The Labute approximate surface area is 145 Å². The zero-order chi connectivity index (χ0) is 19.8. The normalized spacial score (nSPS) is 14.8. The number of nitrogens with one attached hydrogen (secondary N) is 1. The van der Waals surface area contributed by atoms with E-state index in [1.165, 1.54) is 12.1 Å². The Bertz CT molecular complexity index is 795. The van der Waals surface area contributed by atoms with Gasteiger partial charge in [-0.05, 0) is 30.2 Å². The molecule has 8 heteroatoms. The Kier molecular flexibility index (Phi) is 5.19. The van der Waals surface area contributed by atoms with E-state index in [9.17, 15) is 31.4 Å². The van der Waals surface area contributed by atoms with Gasteiger partial charge >= 0.3 is 12.4 Å². The molecule has 0 saturated heterocycles. The molecule has 1 atom stereocenters. The molecule has 0 bridgehead atoms. The summed E-state index contributed by atoms with van der Waals surface area (Å²) in [5, 5.41) is 18.1. The van der Waals surface area contributed by atoms with Crippen molar-refractivity contribution in [2.24, 2.45) is 0 Å². The lowest BCUT2D eigenvalue weighted by molar-refractivity contribution is -0.263. The summed E-state index contributed by atoms with van der Waals surface area (Å²) in [5.41, 5.74) is -5.45. The molecule has 0 radical (unpaired) electrons. The molecule has 26 heavy (non-hydrogen) atoms. The third-order valence-corrected chi connectivity index (χ3v) is 3.97. The van der Waals surface area contributed by atoms with Crippen LogP contribution in [0.3, 0.4) is 0 Å². The molecular formula is C18H15F6NO. The van der Waals surface area contributed by atoms with Crippen molar-refractivity contribution < 1.29 is 31.4 Å². The third-order valence-electron chi connectivity index (χ3n) is 3.97. The third kappa shape index (κ3) is 4.07. The van der Waals surface area contributed by atoms with Gasteiger partial charge in [-0.25, -0.2) is 0 Å². The minimum Gasteiger partial charge on any atom is -0.376 e. The number of aliphatic hydroxyl groups is 1. The van der Waals surface area contributed by atoms with Crippen LogP contribution in [-0.2, 0) is 11.8 Å². The van der Waals surface area contributed by atoms with E-state index in [1.807, 2.05) is 0 Å². The van der Waals surface area contributed by atoms with Crippen molar-refractivity contribution in [1.29, 1.82) is 5.41 Å². The van der Waals surface area contributed by atoms with Crippen LogP contribution < -0.4 is 0 Å². The fraction of sp³-hybridized carbons (Fsp3) is 0.278. The van der Waals surface area contributed by atoms with Gasteiger partial charge in [0, 0.05) is 12.1 Å². The van der Waals surface area contributed by atoms with Crippen LogP contribution in [0, 0.1) is 12.3 Å². The SMILES string of the molecule is Cc1ccc(C(=N)CC(O)(c2cccc(C(F)(F)F)c2)C(F)(F)F)cc1. The molecule has 0 fully saturated rings. The molecule has 0 spiro atoms. The van der Waals surface area contributed by atoms with Crippen LogP contribution in [0.15, 0.2) is 48.5 Å². The monoisotopic (exact) mass is 375 g/mol. The van der Waals surface area contributed by atoms with E-state index < -0.39 is 41.2 Å². The van der Waals surface area contributed by atoms with Crippen LogP contribution in [-0.4, -0.2) is 17.0 Å². The molecule has 0 aromatic heterocycles. The molecule has 140 valence electrons. The average molecular weight is 375 g/mol. The standard InChI is InChI=1S/C18H15F6NO/c1-11-5-7-12(8-6-11)15(25)10-16(26,18(22,23)24)13-3-2-4-14(9-13)17(19,20)21/h2-9,25-26H,10H2,1H3. The van der Waals surface area contributed by atoms with Gasteiger partial charge in [0.2, 0.25) is 0 Å². The first-order valence-electron chi connectivity index (χ1n) is 7.46. The lowest BCUT2D eigenvalue weighted by Crippen LogP contribution is -2.44. The van der Waals surface area contributed by atoms with Gasteiger partial charge in [-0.15, -0.1) is 0 Å². The number of hydrogen-bond acceptors (Lipinski definition) is 2. The number of hydrogen-bond donors (Lipinski definition) is 2. The zero-order valence-electron chi connectivity index (χ0n) is 13.5. The summed E-state index contributed by atoms with van der Waals surface area (Å²) >= 11 is 0. The quantitative estimate of drug-likeness (QED) is 0.558. The molecule has 2 aromatic carbocycles. The van der Waals surface area contributed by atoms with Crippen molar-refractivity contribution in [3.63, 3.8) is 0 Å². The summed E-state index contributed by atoms with van der Waals surface area (Å²) in [6, 6.07) is 8.44. The first kappa shape index (κ1) is 20.0. The second-order valence-electron chi connectivity index (χ2n) is 5.96. The summed E-state index contributed by atoms with van der Waals surface area (Å²) < 4.78 is 79.0. The summed E-state index contributed by atoms with van der Waals surface area (Å²) in [6.07, 6.45) is -11.3. The molecule has 2 nitrogen and oxygen atoms in total. The average Bonchev–Trinajstić information content (AvgIpc) is 2.53.